The number of hydrogen-bond donors (Lipinski definition) is 1. The van der Waals surface area contributed by atoms with E-state index in [1.165, 1.54) is 12.8 Å². The van der Waals surface area contributed by atoms with Crippen LogP contribution in [0.25, 0.3) is 0 Å². The van der Waals surface area contributed by atoms with Gasteiger partial charge in [0.1, 0.15) is 0 Å². The molecule has 18 heavy (non-hydrogen) atoms. The summed E-state index contributed by atoms with van der Waals surface area (Å²) in [4.78, 5) is 14.2. The molecular formula is C14H29ClN2O. The molecule has 1 aliphatic heterocycles. The minimum atomic E-state index is -0.307. The average Bonchev–Trinajstić information content (AvgIpc) is 2.61. The van der Waals surface area contributed by atoms with E-state index >= 15 is 0 Å². The van der Waals surface area contributed by atoms with Crippen LogP contribution in [-0.4, -0.2) is 29.9 Å². The number of carbonyl (C=O) groups excluding carboxylic acids is 1. The van der Waals surface area contributed by atoms with Crippen LogP contribution in [0, 0.1) is 11.8 Å². The molecule has 1 amide bonds. The maximum absolute atomic E-state index is 12.2. The molecule has 3 unspecified atom stereocenters. The second kappa shape index (κ2) is 8.76. The molecule has 1 rings (SSSR count). The van der Waals surface area contributed by atoms with E-state index in [4.69, 9.17) is 5.73 Å². The maximum Gasteiger partial charge on any atom is 0.239 e. The van der Waals surface area contributed by atoms with Gasteiger partial charge in [-0.3, -0.25) is 4.79 Å². The highest BCUT2D eigenvalue weighted by Gasteiger charge is 2.26. The van der Waals surface area contributed by atoms with Crippen LogP contribution in [-0.2, 0) is 4.79 Å². The third kappa shape index (κ3) is 4.77. The van der Waals surface area contributed by atoms with Gasteiger partial charge >= 0.3 is 0 Å². The second-order valence-electron chi connectivity index (χ2n) is 5.44. The van der Waals surface area contributed by atoms with E-state index in [0.29, 0.717) is 0 Å². The molecule has 0 aliphatic carbocycles. The summed E-state index contributed by atoms with van der Waals surface area (Å²) in [6.07, 6.45) is 5.75. The zero-order chi connectivity index (χ0) is 12.8. The van der Waals surface area contributed by atoms with Crippen molar-refractivity contribution < 1.29 is 4.79 Å². The van der Waals surface area contributed by atoms with Gasteiger partial charge in [0, 0.05) is 13.1 Å². The fraction of sp³-hybridized carbons (Fsp3) is 0.929. The molecule has 0 spiro atoms. The number of rotatable bonds is 4. The summed E-state index contributed by atoms with van der Waals surface area (Å²) in [6, 6.07) is -0.307. The lowest BCUT2D eigenvalue weighted by Gasteiger charge is -2.27. The molecular weight excluding hydrogens is 248 g/mol. The van der Waals surface area contributed by atoms with E-state index in [9.17, 15) is 4.79 Å². The van der Waals surface area contributed by atoms with E-state index in [-0.39, 0.29) is 30.3 Å². The summed E-state index contributed by atoms with van der Waals surface area (Å²) in [7, 11) is 0. The highest BCUT2D eigenvalue weighted by Crippen LogP contribution is 2.21. The molecule has 0 saturated carbocycles. The van der Waals surface area contributed by atoms with Crippen molar-refractivity contribution in [3.63, 3.8) is 0 Å². The van der Waals surface area contributed by atoms with Crippen molar-refractivity contribution in [2.75, 3.05) is 13.1 Å². The third-order valence-corrected chi connectivity index (χ3v) is 4.28. The lowest BCUT2D eigenvalue weighted by molar-refractivity contribution is -0.133. The topological polar surface area (TPSA) is 46.3 Å². The summed E-state index contributed by atoms with van der Waals surface area (Å²) in [5, 5.41) is 0. The van der Waals surface area contributed by atoms with Gasteiger partial charge in [0.15, 0.2) is 0 Å². The summed E-state index contributed by atoms with van der Waals surface area (Å²) in [5.74, 6) is 1.25. The Kier molecular flexibility index (Phi) is 8.62. The first kappa shape index (κ1) is 17.7. The van der Waals surface area contributed by atoms with Gasteiger partial charge in [-0.1, -0.05) is 33.6 Å². The van der Waals surface area contributed by atoms with Crippen LogP contribution in [0.3, 0.4) is 0 Å². The smallest absolute Gasteiger partial charge is 0.239 e. The molecule has 1 saturated heterocycles. The van der Waals surface area contributed by atoms with Gasteiger partial charge in [0.25, 0.3) is 0 Å². The van der Waals surface area contributed by atoms with Crippen LogP contribution in [0.2, 0.25) is 0 Å². The standard InChI is InChI=1S/C14H28N2O.ClH/c1-4-11(3)13(15)14(17)16-9-6-7-12(5-2)8-10-16;/h11-13H,4-10,15H2,1-3H3;1H. The molecule has 108 valence electrons. The Hall–Kier alpha value is -0.280. The minimum Gasteiger partial charge on any atom is -0.341 e. The number of carbonyl (C=O) groups is 1. The monoisotopic (exact) mass is 276 g/mol. The first-order chi connectivity index (χ1) is 8.10. The fourth-order valence-electron chi connectivity index (χ4n) is 2.50. The quantitative estimate of drug-likeness (QED) is 0.858. The molecule has 0 bridgehead atoms. The van der Waals surface area contributed by atoms with Crippen LogP contribution >= 0.6 is 12.4 Å². The second-order valence-corrected chi connectivity index (χ2v) is 5.44. The Labute approximate surface area is 118 Å². The van der Waals surface area contributed by atoms with Crippen molar-refractivity contribution in [1.29, 1.82) is 0 Å². The normalized spacial score (nSPS) is 23.8. The van der Waals surface area contributed by atoms with Crippen molar-refractivity contribution in [3.8, 4) is 0 Å². The number of nitrogens with zero attached hydrogens (tertiary/aromatic N) is 1. The zero-order valence-corrected chi connectivity index (χ0v) is 12.8. The van der Waals surface area contributed by atoms with E-state index in [1.807, 2.05) is 4.90 Å². The predicted octanol–water partition coefficient (Wildman–Crippen LogP) is 2.82. The molecule has 4 heteroatoms. The molecule has 0 aromatic carbocycles. The maximum atomic E-state index is 12.2. The Balaban J connectivity index is 0.00000289. The largest absolute Gasteiger partial charge is 0.341 e. The van der Waals surface area contributed by atoms with Gasteiger partial charge < -0.3 is 10.6 Å². The van der Waals surface area contributed by atoms with Crippen molar-refractivity contribution in [1.82, 2.24) is 4.90 Å². The summed E-state index contributed by atoms with van der Waals surface area (Å²) < 4.78 is 0. The van der Waals surface area contributed by atoms with Crippen molar-refractivity contribution in [2.24, 2.45) is 17.6 Å². The van der Waals surface area contributed by atoms with Gasteiger partial charge in [-0.2, -0.15) is 0 Å². The Morgan fingerprint density at radius 1 is 1.33 bits per heavy atom. The Morgan fingerprint density at radius 3 is 2.56 bits per heavy atom. The fourth-order valence-corrected chi connectivity index (χ4v) is 2.50. The van der Waals surface area contributed by atoms with Gasteiger partial charge in [-0.15, -0.1) is 12.4 Å². The first-order valence-electron chi connectivity index (χ1n) is 7.14. The summed E-state index contributed by atoms with van der Waals surface area (Å²) in [5.41, 5.74) is 6.03. The van der Waals surface area contributed by atoms with Gasteiger partial charge in [0.05, 0.1) is 6.04 Å². The van der Waals surface area contributed by atoms with Gasteiger partial charge in [-0.05, 0) is 31.1 Å². The molecule has 0 aromatic heterocycles. The molecule has 3 atom stereocenters. The molecule has 1 heterocycles. The predicted molar refractivity (Wildman–Crippen MR) is 78.9 cm³/mol. The molecule has 0 radical (unpaired) electrons. The van der Waals surface area contributed by atoms with E-state index in [1.54, 1.807) is 0 Å². The third-order valence-electron chi connectivity index (χ3n) is 4.28. The Bertz CT molecular complexity index is 248. The molecule has 0 aromatic rings. The molecule has 1 aliphatic rings. The van der Waals surface area contributed by atoms with Crippen molar-refractivity contribution in [3.05, 3.63) is 0 Å². The lowest BCUT2D eigenvalue weighted by Crippen LogP contribution is -2.47. The Morgan fingerprint density at radius 2 is 2.00 bits per heavy atom. The van der Waals surface area contributed by atoms with Crippen molar-refractivity contribution in [2.45, 2.75) is 58.9 Å². The molecule has 2 N–H and O–H groups in total. The summed E-state index contributed by atoms with van der Waals surface area (Å²) in [6.45, 7) is 8.20. The highest BCUT2D eigenvalue weighted by atomic mass is 35.5. The van der Waals surface area contributed by atoms with Gasteiger partial charge in [0.2, 0.25) is 5.91 Å². The van der Waals surface area contributed by atoms with Crippen LogP contribution in [0.1, 0.15) is 52.9 Å². The number of amides is 1. The minimum absolute atomic E-state index is 0. The number of nitrogens with two attached hydrogens (primary N) is 1. The van der Waals surface area contributed by atoms with E-state index < -0.39 is 0 Å². The SMILES string of the molecule is CCC1CCCN(C(=O)C(N)C(C)CC)CC1.Cl. The molecule has 3 nitrogen and oxygen atoms in total. The van der Waals surface area contributed by atoms with Crippen molar-refractivity contribution >= 4 is 18.3 Å². The van der Waals surface area contributed by atoms with Crippen LogP contribution < -0.4 is 5.73 Å². The number of likely N-dealkylation sites (tertiary alicyclic amines) is 1. The zero-order valence-electron chi connectivity index (χ0n) is 12.0. The van der Waals surface area contributed by atoms with Crippen LogP contribution in [0.4, 0.5) is 0 Å². The highest BCUT2D eigenvalue weighted by molar-refractivity contribution is 5.85. The van der Waals surface area contributed by atoms with E-state index in [2.05, 4.69) is 20.8 Å². The van der Waals surface area contributed by atoms with Crippen LogP contribution in [0.15, 0.2) is 0 Å². The lowest BCUT2D eigenvalue weighted by atomic mass is 9.98. The summed E-state index contributed by atoms with van der Waals surface area (Å²) >= 11 is 0. The number of halogens is 1. The first-order valence-corrected chi connectivity index (χ1v) is 7.14. The molecule has 1 fully saturated rings. The van der Waals surface area contributed by atoms with Gasteiger partial charge in [-0.25, -0.2) is 0 Å². The van der Waals surface area contributed by atoms with Crippen LogP contribution in [0.5, 0.6) is 0 Å². The average molecular weight is 277 g/mol. The van der Waals surface area contributed by atoms with E-state index in [0.717, 1.165) is 38.3 Å². The number of hydrogen-bond acceptors (Lipinski definition) is 2.